The number of aryl methyl sites for hydroxylation is 3. The average molecular weight is 1010 g/mol. The van der Waals surface area contributed by atoms with Gasteiger partial charge in [0.05, 0.1) is 36.4 Å². The van der Waals surface area contributed by atoms with Crippen LogP contribution in [0.4, 0.5) is 0 Å². The number of halogens is 1. The van der Waals surface area contributed by atoms with Gasteiger partial charge < -0.3 is 35.1 Å². The molecule has 2 aliphatic heterocycles. The second-order valence-corrected chi connectivity index (χ2v) is 21.9. The molecule has 3 aromatic carbocycles. The van der Waals surface area contributed by atoms with Crippen LogP contribution in [0.5, 0.6) is 5.75 Å². The number of oxazole rings is 1. The first kappa shape index (κ1) is 50.3. The van der Waals surface area contributed by atoms with E-state index < -0.39 is 35.6 Å². The first-order valence-corrected chi connectivity index (χ1v) is 25.5. The van der Waals surface area contributed by atoms with E-state index in [1.165, 1.54) is 16.2 Å². The average Bonchev–Trinajstić information content (AvgIpc) is 4.10. The second-order valence-electron chi connectivity index (χ2n) is 20.3. The highest BCUT2D eigenvalue weighted by atomic mass is 35.5. The molecule has 2 fully saturated rings. The van der Waals surface area contributed by atoms with Crippen molar-refractivity contribution in [3.8, 4) is 22.1 Å². The van der Waals surface area contributed by atoms with Gasteiger partial charge in [-0.15, -0.1) is 21.5 Å². The number of hydrogen-bond acceptors (Lipinski definition) is 12. The van der Waals surface area contributed by atoms with Gasteiger partial charge in [-0.05, 0) is 81.0 Å². The summed E-state index contributed by atoms with van der Waals surface area (Å²) in [6, 6.07) is 19.5. The topological polar surface area (TPSA) is 206 Å². The summed E-state index contributed by atoms with van der Waals surface area (Å²) < 4.78 is 13.8. The Kier molecular flexibility index (Phi) is 14.3. The van der Waals surface area contributed by atoms with Crippen LogP contribution in [0.2, 0.25) is 5.02 Å². The summed E-state index contributed by atoms with van der Waals surface area (Å²) in [5.41, 5.74) is 6.32. The molecule has 72 heavy (non-hydrogen) atoms. The third kappa shape index (κ3) is 10.6. The molecule has 1 aliphatic carbocycles. The molecular formula is C54H60ClN9O7S. The van der Waals surface area contributed by atoms with Crippen LogP contribution in [0.1, 0.15) is 115 Å². The molecule has 1 saturated heterocycles. The standard InChI is InChI=1S/C54H60ClN9O7S/c1-28-31(4)72-53-46(28)47(35-15-17-37(55)18-16-35)59-42(50-62-61-32(5)64(50)53)25-45(67)58-38-22-41(23-38)71-40-19-9-33(10-20-40)21-44(66)60-49(54(6,7)8)52(69)63-26-39(65)24-43(63)51(68)57-29(2)34-11-13-36(14-12-34)48-30(3)56-27-70-48/h9-20,27,29,38-39,41-43,49,65H,21-26H2,1-8H3,(H,57,68)(H,58,67)(H,60,66)/t29-,38?,39+,41?,42-,43-,49+/m0/s1. The third-order valence-corrected chi connectivity index (χ3v) is 15.3. The van der Waals surface area contributed by atoms with Crippen molar-refractivity contribution in [2.75, 3.05) is 6.54 Å². The van der Waals surface area contributed by atoms with Gasteiger partial charge >= 0.3 is 0 Å². The molecule has 9 rings (SSSR count). The minimum absolute atomic E-state index is 0.00605. The lowest BCUT2D eigenvalue weighted by atomic mass is 9.85. The summed E-state index contributed by atoms with van der Waals surface area (Å²) in [5, 5.41) is 30.4. The Labute approximate surface area is 427 Å². The number of aromatic nitrogens is 4. The molecule has 3 aliphatic rings. The van der Waals surface area contributed by atoms with Crippen molar-refractivity contribution in [1.29, 1.82) is 0 Å². The minimum atomic E-state index is -0.969. The van der Waals surface area contributed by atoms with Gasteiger partial charge in [-0.1, -0.05) is 80.9 Å². The van der Waals surface area contributed by atoms with Crippen LogP contribution in [0.15, 0.2) is 88.6 Å². The van der Waals surface area contributed by atoms with Crippen molar-refractivity contribution >= 4 is 52.3 Å². The van der Waals surface area contributed by atoms with Crippen molar-refractivity contribution in [3.63, 3.8) is 0 Å². The second kappa shape index (κ2) is 20.4. The molecule has 0 bridgehead atoms. The van der Waals surface area contributed by atoms with Gasteiger partial charge in [0.1, 0.15) is 40.8 Å². The Hall–Kier alpha value is -6.69. The molecule has 5 heterocycles. The van der Waals surface area contributed by atoms with Gasteiger partial charge in [0.25, 0.3) is 0 Å². The Balaban J connectivity index is 0.768. The Morgan fingerprint density at radius 2 is 1.60 bits per heavy atom. The Morgan fingerprint density at radius 3 is 2.26 bits per heavy atom. The van der Waals surface area contributed by atoms with Crippen LogP contribution in [0, 0.1) is 33.1 Å². The van der Waals surface area contributed by atoms with Gasteiger partial charge in [-0.2, -0.15) is 0 Å². The number of amides is 4. The number of thiophene rings is 1. The number of ether oxygens (including phenoxy) is 1. The molecule has 16 nitrogen and oxygen atoms in total. The number of likely N-dealkylation sites (tertiary alicyclic amines) is 1. The lowest BCUT2D eigenvalue weighted by Gasteiger charge is -2.36. The summed E-state index contributed by atoms with van der Waals surface area (Å²) in [6.45, 7) is 15.4. The van der Waals surface area contributed by atoms with E-state index in [1.54, 1.807) is 11.3 Å². The highest BCUT2D eigenvalue weighted by Crippen LogP contribution is 2.40. The number of β-amino-alcohol motifs (C(OH)–C–C–N with tert-alkyl or cyclic N) is 1. The van der Waals surface area contributed by atoms with Gasteiger partial charge in [-0.3, -0.25) is 28.7 Å². The number of rotatable bonds is 14. The lowest BCUT2D eigenvalue weighted by molar-refractivity contribution is -0.144. The number of hydrogen-bond donors (Lipinski definition) is 4. The van der Waals surface area contributed by atoms with Crippen molar-refractivity contribution in [2.45, 2.75) is 130 Å². The zero-order valence-electron chi connectivity index (χ0n) is 41.7. The van der Waals surface area contributed by atoms with Crippen LogP contribution in [-0.2, 0) is 25.6 Å². The fourth-order valence-corrected chi connectivity index (χ4v) is 11.0. The van der Waals surface area contributed by atoms with E-state index in [2.05, 4.69) is 45.0 Å². The number of aliphatic hydroxyl groups excluding tert-OH is 1. The molecule has 5 atom stereocenters. The maximum absolute atomic E-state index is 14.3. The minimum Gasteiger partial charge on any atom is -0.490 e. The first-order chi connectivity index (χ1) is 34.3. The zero-order valence-corrected chi connectivity index (χ0v) is 43.2. The van der Waals surface area contributed by atoms with E-state index in [1.807, 2.05) is 119 Å². The fourth-order valence-electron chi connectivity index (χ4n) is 9.67. The lowest BCUT2D eigenvalue weighted by Crippen LogP contribution is -2.58. The number of aliphatic imine (C=N–C) groups is 1. The SMILES string of the molecule is Cc1ncoc1-c1ccc([C@H](C)NC(=O)[C@@H]2C[C@@H](O)CN2C(=O)[C@@H](NC(=O)Cc2ccc(OC3CC(NC(=O)C[C@@H]4N=C(c5ccc(Cl)cc5)c5c(sc(C)c5C)-n5c(C)nnc54)C3)cc2)C(C)(C)C)cc1. The number of nitrogens with one attached hydrogen (secondary N) is 3. The van der Waals surface area contributed by atoms with Gasteiger partial charge in [0.15, 0.2) is 18.0 Å². The maximum atomic E-state index is 14.3. The maximum Gasteiger partial charge on any atom is 0.246 e. The van der Waals surface area contributed by atoms with Crippen LogP contribution in [0.3, 0.4) is 0 Å². The van der Waals surface area contributed by atoms with Crippen LogP contribution in [0.25, 0.3) is 16.3 Å². The number of fused-ring (bicyclic) bond motifs is 3. The number of nitrogens with zero attached hydrogens (tertiary/aromatic N) is 6. The Bertz CT molecular complexity index is 3020. The number of benzene rings is 3. The molecule has 4 N–H and O–H groups in total. The van der Waals surface area contributed by atoms with Crippen molar-refractivity contribution in [3.05, 3.63) is 134 Å². The zero-order chi connectivity index (χ0) is 51.2. The van der Waals surface area contributed by atoms with Gasteiger partial charge in [0, 0.05) is 58.4 Å². The molecule has 0 radical (unpaired) electrons. The van der Waals surface area contributed by atoms with E-state index in [0.717, 1.165) is 55.6 Å². The fraction of sp³-hybridized carbons (Fsp3) is 0.407. The normalized spacial score (nSPS) is 20.3. The van der Waals surface area contributed by atoms with E-state index >= 15 is 0 Å². The summed E-state index contributed by atoms with van der Waals surface area (Å²) in [5.74, 6) is 1.33. The predicted molar refractivity (Wildman–Crippen MR) is 274 cm³/mol. The van der Waals surface area contributed by atoms with Crippen LogP contribution < -0.4 is 20.7 Å². The Morgan fingerprint density at radius 1 is 0.903 bits per heavy atom. The summed E-state index contributed by atoms with van der Waals surface area (Å²) in [7, 11) is 0. The van der Waals surface area contributed by atoms with Gasteiger partial charge in [0.2, 0.25) is 23.6 Å². The first-order valence-electron chi connectivity index (χ1n) is 24.3. The number of aliphatic hydroxyl groups is 1. The summed E-state index contributed by atoms with van der Waals surface area (Å²) >= 11 is 7.93. The predicted octanol–water partition coefficient (Wildman–Crippen LogP) is 7.79. The highest BCUT2D eigenvalue weighted by Gasteiger charge is 2.45. The quantitative estimate of drug-likeness (QED) is 0.0833. The molecule has 3 aromatic heterocycles. The van der Waals surface area contributed by atoms with Crippen molar-refractivity contribution < 1.29 is 33.4 Å². The van der Waals surface area contributed by atoms with E-state index in [0.29, 0.717) is 35.2 Å². The highest BCUT2D eigenvalue weighted by molar-refractivity contribution is 7.15. The largest absolute Gasteiger partial charge is 0.490 e. The number of carbonyl (C=O) groups excluding carboxylic acids is 4. The molecule has 1 saturated carbocycles. The molecular weight excluding hydrogens is 954 g/mol. The van der Waals surface area contributed by atoms with Crippen LogP contribution >= 0.6 is 22.9 Å². The molecule has 4 amide bonds. The van der Waals surface area contributed by atoms with E-state index in [9.17, 15) is 24.3 Å². The smallest absolute Gasteiger partial charge is 0.246 e. The molecule has 0 spiro atoms. The van der Waals surface area contributed by atoms with E-state index in [-0.39, 0.29) is 61.7 Å². The van der Waals surface area contributed by atoms with E-state index in [4.69, 9.17) is 25.7 Å². The van der Waals surface area contributed by atoms with Gasteiger partial charge in [-0.25, -0.2) is 4.98 Å². The van der Waals surface area contributed by atoms with Crippen molar-refractivity contribution in [2.24, 2.45) is 10.4 Å². The molecule has 376 valence electrons. The monoisotopic (exact) mass is 1010 g/mol. The third-order valence-electron chi connectivity index (χ3n) is 13.8. The molecule has 6 aromatic rings. The summed E-state index contributed by atoms with van der Waals surface area (Å²) in [6.07, 6.45) is 1.82. The van der Waals surface area contributed by atoms with Crippen LogP contribution in [-0.4, -0.2) is 96.0 Å². The van der Waals surface area contributed by atoms with Crippen molar-refractivity contribution in [1.82, 2.24) is 40.6 Å². The molecule has 18 heteroatoms. The molecule has 0 unspecified atom stereocenters. The summed E-state index contributed by atoms with van der Waals surface area (Å²) in [4.78, 5) is 67.2. The number of carbonyl (C=O) groups is 4.